The van der Waals surface area contributed by atoms with Gasteiger partial charge in [0.15, 0.2) is 17.3 Å². The Morgan fingerprint density at radius 3 is 3.00 bits per heavy atom. The highest BCUT2D eigenvalue weighted by molar-refractivity contribution is 7.15. The van der Waals surface area contributed by atoms with E-state index < -0.39 is 5.97 Å². The number of nitrogens with zero attached hydrogens (tertiary/aromatic N) is 2. The Morgan fingerprint density at radius 2 is 2.17 bits per heavy atom. The van der Waals surface area contributed by atoms with Crippen molar-refractivity contribution in [3.63, 3.8) is 0 Å². The van der Waals surface area contributed by atoms with Crippen LogP contribution in [0.25, 0.3) is 15.9 Å². The maximum Gasteiger partial charge on any atom is 0.312 e. The molecule has 1 aromatic carbocycles. The lowest BCUT2D eigenvalue weighted by atomic mass is 10.2. The van der Waals surface area contributed by atoms with Gasteiger partial charge in [-0.2, -0.15) is 0 Å². The molecule has 0 fully saturated rings. The number of ether oxygens (including phenoxy) is 1. The van der Waals surface area contributed by atoms with Gasteiger partial charge in [-0.3, -0.25) is 14.0 Å². The van der Waals surface area contributed by atoms with Crippen molar-refractivity contribution in [2.24, 2.45) is 0 Å². The number of benzene rings is 1. The van der Waals surface area contributed by atoms with Crippen molar-refractivity contribution in [3.05, 3.63) is 59.6 Å². The number of carbonyl (C=O) groups excluding carboxylic acids is 2. The summed E-state index contributed by atoms with van der Waals surface area (Å²) in [6.07, 6.45) is 3.67. The molecule has 0 amide bonds. The fourth-order valence-electron chi connectivity index (χ4n) is 2.40. The van der Waals surface area contributed by atoms with Crippen LogP contribution in [0, 0.1) is 0 Å². The average Bonchev–Trinajstić information content (AvgIpc) is 3.25. The SMILES string of the molecule is O=C(Cc1cn2ccsc2n1)OCC(=O)c1cc2ccccc2o1. The van der Waals surface area contributed by atoms with Gasteiger partial charge in [0.1, 0.15) is 5.58 Å². The molecule has 6 nitrogen and oxygen atoms in total. The predicted octanol–water partition coefficient (Wildman–Crippen LogP) is 3.11. The first kappa shape index (κ1) is 14.6. The van der Waals surface area contributed by atoms with E-state index >= 15 is 0 Å². The zero-order valence-corrected chi connectivity index (χ0v) is 13.3. The summed E-state index contributed by atoms with van der Waals surface area (Å²) in [5.41, 5.74) is 1.24. The van der Waals surface area contributed by atoms with Crippen molar-refractivity contribution in [2.45, 2.75) is 6.42 Å². The molecule has 0 aliphatic heterocycles. The Bertz CT molecular complexity index is 982. The lowest BCUT2D eigenvalue weighted by Crippen LogP contribution is -2.15. The molecule has 0 bridgehead atoms. The number of esters is 1. The number of aromatic nitrogens is 2. The standard InChI is InChI=1S/C17H12N2O4S/c20-13(15-7-11-3-1-2-4-14(11)23-15)10-22-16(21)8-12-9-19-5-6-24-17(19)18-12/h1-7,9H,8,10H2. The van der Waals surface area contributed by atoms with Gasteiger partial charge in [0.05, 0.1) is 12.1 Å². The number of carbonyl (C=O) groups is 2. The molecule has 0 spiro atoms. The van der Waals surface area contributed by atoms with Gasteiger partial charge in [-0.1, -0.05) is 18.2 Å². The van der Waals surface area contributed by atoms with Crippen molar-refractivity contribution in [1.29, 1.82) is 0 Å². The minimum atomic E-state index is -0.495. The van der Waals surface area contributed by atoms with Gasteiger partial charge in [0.25, 0.3) is 0 Å². The first-order valence-electron chi connectivity index (χ1n) is 7.27. The molecule has 24 heavy (non-hydrogen) atoms. The van der Waals surface area contributed by atoms with E-state index in [0.717, 1.165) is 10.3 Å². The third kappa shape index (κ3) is 2.81. The normalized spacial score (nSPS) is 11.2. The summed E-state index contributed by atoms with van der Waals surface area (Å²) in [4.78, 5) is 29.1. The Kier molecular flexibility index (Phi) is 3.62. The van der Waals surface area contributed by atoms with Crippen LogP contribution in [0.2, 0.25) is 0 Å². The van der Waals surface area contributed by atoms with E-state index in [4.69, 9.17) is 9.15 Å². The fourth-order valence-corrected chi connectivity index (χ4v) is 3.12. The Balaban J connectivity index is 1.37. The maximum absolute atomic E-state index is 12.1. The van der Waals surface area contributed by atoms with Crippen LogP contribution in [0.15, 0.2) is 52.5 Å². The summed E-state index contributed by atoms with van der Waals surface area (Å²) < 4.78 is 12.3. The number of hydrogen-bond donors (Lipinski definition) is 0. The molecular formula is C17H12N2O4S. The molecule has 0 N–H and O–H groups in total. The molecule has 4 rings (SSSR count). The van der Waals surface area contributed by atoms with E-state index in [0.29, 0.717) is 11.3 Å². The number of rotatable bonds is 5. The van der Waals surface area contributed by atoms with Gasteiger partial charge in [-0.15, -0.1) is 11.3 Å². The number of thiazole rings is 1. The molecule has 3 heterocycles. The summed E-state index contributed by atoms with van der Waals surface area (Å²) in [5.74, 6) is -0.679. The minimum Gasteiger partial charge on any atom is -0.457 e. The number of furan rings is 1. The van der Waals surface area contributed by atoms with Crippen molar-refractivity contribution in [3.8, 4) is 0 Å². The highest BCUT2D eigenvalue weighted by atomic mass is 32.1. The molecule has 0 aliphatic carbocycles. The van der Waals surface area contributed by atoms with Gasteiger partial charge >= 0.3 is 5.97 Å². The molecular weight excluding hydrogens is 328 g/mol. The number of fused-ring (bicyclic) bond motifs is 2. The Hall–Kier alpha value is -2.93. The second-order valence-electron chi connectivity index (χ2n) is 5.23. The quantitative estimate of drug-likeness (QED) is 0.412. The van der Waals surface area contributed by atoms with Crippen molar-refractivity contribution in [2.75, 3.05) is 6.61 Å². The topological polar surface area (TPSA) is 73.8 Å². The summed E-state index contributed by atoms with van der Waals surface area (Å²) >= 11 is 1.49. The van der Waals surface area contributed by atoms with Crippen LogP contribution >= 0.6 is 11.3 Å². The molecule has 0 radical (unpaired) electrons. The third-order valence-corrected chi connectivity index (χ3v) is 4.30. The summed E-state index contributed by atoms with van der Waals surface area (Å²) in [5, 5.41) is 2.75. The number of hydrogen-bond acceptors (Lipinski definition) is 6. The fraction of sp³-hybridized carbons (Fsp3) is 0.118. The van der Waals surface area contributed by atoms with Crippen LogP contribution in [-0.4, -0.2) is 27.7 Å². The number of para-hydroxylation sites is 1. The molecule has 0 aliphatic rings. The van der Waals surface area contributed by atoms with Crippen LogP contribution < -0.4 is 0 Å². The second kappa shape index (κ2) is 5.93. The van der Waals surface area contributed by atoms with E-state index in [1.165, 1.54) is 11.3 Å². The molecule has 0 saturated heterocycles. The largest absolute Gasteiger partial charge is 0.457 e. The lowest BCUT2D eigenvalue weighted by molar-refractivity contribution is -0.141. The van der Waals surface area contributed by atoms with Crippen molar-refractivity contribution < 1.29 is 18.7 Å². The Morgan fingerprint density at radius 1 is 1.29 bits per heavy atom. The second-order valence-corrected chi connectivity index (χ2v) is 6.11. The lowest BCUT2D eigenvalue weighted by Gasteiger charge is -2.01. The molecule has 7 heteroatoms. The van der Waals surface area contributed by atoms with Crippen LogP contribution in [0.3, 0.4) is 0 Å². The van der Waals surface area contributed by atoms with E-state index in [1.807, 2.05) is 34.2 Å². The van der Waals surface area contributed by atoms with Crippen LogP contribution in [-0.2, 0) is 16.0 Å². The van der Waals surface area contributed by atoms with Crippen LogP contribution in [0.1, 0.15) is 16.2 Å². The Labute approximate surface area is 140 Å². The maximum atomic E-state index is 12.1. The van der Waals surface area contributed by atoms with Crippen LogP contribution in [0.5, 0.6) is 0 Å². The van der Waals surface area contributed by atoms with Gasteiger partial charge in [-0.05, 0) is 12.1 Å². The molecule has 3 aromatic heterocycles. The first-order valence-corrected chi connectivity index (χ1v) is 8.15. The third-order valence-electron chi connectivity index (χ3n) is 3.53. The molecule has 120 valence electrons. The minimum absolute atomic E-state index is 0.0296. The van der Waals surface area contributed by atoms with E-state index in [2.05, 4.69) is 4.98 Å². The van der Waals surface area contributed by atoms with Gasteiger partial charge < -0.3 is 9.15 Å². The first-order chi connectivity index (χ1) is 11.7. The summed E-state index contributed by atoms with van der Waals surface area (Å²) in [6, 6.07) is 8.97. The zero-order chi connectivity index (χ0) is 16.5. The molecule has 0 unspecified atom stereocenters. The zero-order valence-electron chi connectivity index (χ0n) is 12.5. The summed E-state index contributed by atoms with van der Waals surface area (Å²) in [6.45, 7) is -0.346. The summed E-state index contributed by atoms with van der Waals surface area (Å²) in [7, 11) is 0. The predicted molar refractivity (Wildman–Crippen MR) is 88.3 cm³/mol. The smallest absolute Gasteiger partial charge is 0.312 e. The number of ketones is 1. The van der Waals surface area contributed by atoms with E-state index in [9.17, 15) is 9.59 Å². The van der Waals surface area contributed by atoms with Crippen LogP contribution in [0.4, 0.5) is 0 Å². The highest BCUT2D eigenvalue weighted by Gasteiger charge is 2.16. The molecule has 4 aromatic rings. The van der Waals surface area contributed by atoms with Gasteiger partial charge in [0, 0.05) is 23.2 Å². The number of imidazole rings is 1. The van der Waals surface area contributed by atoms with Gasteiger partial charge in [0.2, 0.25) is 5.78 Å². The molecule has 0 atom stereocenters. The highest BCUT2D eigenvalue weighted by Crippen LogP contribution is 2.19. The van der Waals surface area contributed by atoms with Crippen molar-refractivity contribution >= 4 is 39.0 Å². The molecule has 0 saturated carbocycles. The number of Topliss-reactive ketones (excluding diaryl/α,β-unsaturated/α-hetero) is 1. The monoisotopic (exact) mass is 340 g/mol. The average molecular weight is 340 g/mol. The van der Waals surface area contributed by atoms with E-state index in [1.54, 1.807) is 18.3 Å². The van der Waals surface area contributed by atoms with E-state index in [-0.39, 0.29) is 24.6 Å². The van der Waals surface area contributed by atoms with Crippen molar-refractivity contribution in [1.82, 2.24) is 9.38 Å². The van der Waals surface area contributed by atoms with Gasteiger partial charge in [-0.25, -0.2) is 4.98 Å².